The van der Waals surface area contributed by atoms with Crippen molar-refractivity contribution in [2.75, 3.05) is 26.9 Å². The fourth-order valence-electron chi connectivity index (χ4n) is 1.80. The van der Waals surface area contributed by atoms with Gasteiger partial charge >= 0.3 is 0 Å². The van der Waals surface area contributed by atoms with Gasteiger partial charge in [0.1, 0.15) is 6.61 Å². The van der Waals surface area contributed by atoms with Crippen LogP contribution in [0.4, 0.5) is 0 Å². The number of rotatable bonds is 9. The Bertz CT molecular complexity index is 405. The highest BCUT2D eigenvalue weighted by atomic mass is 16.5. The van der Waals surface area contributed by atoms with Crippen molar-refractivity contribution in [2.45, 2.75) is 19.9 Å². The first-order valence-corrected chi connectivity index (χ1v) is 6.48. The zero-order valence-corrected chi connectivity index (χ0v) is 11.8. The van der Waals surface area contributed by atoms with Crippen LogP contribution >= 0.6 is 0 Å². The van der Waals surface area contributed by atoms with E-state index in [1.54, 1.807) is 7.11 Å². The molecule has 0 saturated carbocycles. The van der Waals surface area contributed by atoms with Gasteiger partial charge in [-0.15, -0.1) is 6.58 Å². The van der Waals surface area contributed by atoms with Gasteiger partial charge in [-0.1, -0.05) is 12.1 Å². The Morgan fingerprint density at radius 2 is 2.05 bits per heavy atom. The topological polar surface area (TPSA) is 53.7 Å². The minimum Gasteiger partial charge on any atom is -0.490 e. The molecule has 0 heterocycles. The summed E-state index contributed by atoms with van der Waals surface area (Å²) in [7, 11) is 1.65. The molecule has 0 fully saturated rings. The van der Waals surface area contributed by atoms with E-state index in [9.17, 15) is 0 Å². The van der Waals surface area contributed by atoms with Gasteiger partial charge in [-0.3, -0.25) is 0 Å². The number of allylic oxidation sites excluding steroid dienone is 1. The van der Waals surface area contributed by atoms with E-state index in [2.05, 4.69) is 6.58 Å². The minimum absolute atomic E-state index is 0.475. The molecule has 0 atom stereocenters. The quantitative estimate of drug-likeness (QED) is 0.550. The van der Waals surface area contributed by atoms with E-state index in [4.69, 9.17) is 19.9 Å². The summed E-state index contributed by atoms with van der Waals surface area (Å²) >= 11 is 0. The second-order valence-corrected chi connectivity index (χ2v) is 4.05. The minimum atomic E-state index is 0.475. The van der Waals surface area contributed by atoms with E-state index in [0.717, 1.165) is 29.0 Å². The third-order valence-corrected chi connectivity index (χ3v) is 2.63. The fourth-order valence-corrected chi connectivity index (χ4v) is 1.80. The van der Waals surface area contributed by atoms with E-state index < -0.39 is 0 Å². The van der Waals surface area contributed by atoms with Gasteiger partial charge < -0.3 is 19.9 Å². The van der Waals surface area contributed by atoms with Crippen molar-refractivity contribution in [1.82, 2.24) is 0 Å². The molecule has 0 aliphatic rings. The molecule has 0 aliphatic carbocycles. The molecule has 0 radical (unpaired) electrons. The second kappa shape index (κ2) is 8.56. The van der Waals surface area contributed by atoms with E-state index >= 15 is 0 Å². The van der Waals surface area contributed by atoms with Crippen LogP contribution in [0.25, 0.3) is 0 Å². The predicted molar refractivity (Wildman–Crippen MR) is 76.8 cm³/mol. The summed E-state index contributed by atoms with van der Waals surface area (Å²) in [6.45, 7) is 7.81. The molecule has 0 unspecified atom stereocenters. The third kappa shape index (κ3) is 4.58. The lowest BCUT2D eigenvalue weighted by Crippen LogP contribution is -2.09. The average molecular weight is 265 g/mol. The Morgan fingerprint density at radius 3 is 2.63 bits per heavy atom. The fraction of sp³-hybridized carbons (Fsp3) is 0.467. The number of nitrogens with two attached hydrogens (primary N) is 1. The summed E-state index contributed by atoms with van der Waals surface area (Å²) in [6.07, 6.45) is 2.56. The lowest BCUT2D eigenvalue weighted by molar-refractivity contribution is 0.143. The molecule has 4 nitrogen and oxygen atoms in total. The van der Waals surface area contributed by atoms with Crippen molar-refractivity contribution in [3.05, 3.63) is 35.9 Å². The van der Waals surface area contributed by atoms with Crippen LogP contribution in [0.5, 0.6) is 11.5 Å². The van der Waals surface area contributed by atoms with Crippen molar-refractivity contribution < 1.29 is 14.2 Å². The SMILES string of the molecule is C=CCc1cc(CN)cc(OCC)c1OCCOC. The summed E-state index contributed by atoms with van der Waals surface area (Å²) < 4.78 is 16.4. The Kier molecular flexibility index (Phi) is 7.00. The molecule has 0 bridgehead atoms. The summed E-state index contributed by atoms with van der Waals surface area (Å²) in [5.74, 6) is 1.49. The van der Waals surface area contributed by atoms with Crippen LogP contribution in [0.2, 0.25) is 0 Å². The van der Waals surface area contributed by atoms with Gasteiger partial charge in [0.25, 0.3) is 0 Å². The molecule has 1 aromatic rings. The number of hydrogen-bond acceptors (Lipinski definition) is 4. The van der Waals surface area contributed by atoms with Crippen molar-refractivity contribution in [2.24, 2.45) is 5.73 Å². The zero-order valence-electron chi connectivity index (χ0n) is 11.8. The third-order valence-electron chi connectivity index (χ3n) is 2.63. The highest BCUT2D eigenvalue weighted by molar-refractivity contribution is 5.50. The van der Waals surface area contributed by atoms with Crippen LogP contribution in [0.3, 0.4) is 0 Å². The molecule has 0 aliphatic heterocycles. The average Bonchev–Trinajstić information content (AvgIpc) is 2.42. The summed E-state index contributed by atoms with van der Waals surface area (Å²) in [6, 6.07) is 3.96. The lowest BCUT2D eigenvalue weighted by Gasteiger charge is -2.17. The molecule has 0 saturated heterocycles. The molecule has 0 spiro atoms. The Labute approximate surface area is 115 Å². The van der Waals surface area contributed by atoms with Gasteiger partial charge in [-0.25, -0.2) is 0 Å². The van der Waals surface area contributed by atoms with Crippen LogP contribution in [-0.4, -0.2) is 26.9 Å². The Hall–Kier alpha value is -1.52. The zero-order chi connectivity index (χ0) is 14.1. The number of methoxy groups -OCH3 is 1. The molecule has 4 heteroatoms. The highest BCUT2D eigenvalue weighted by Gasteiger charge is 2.12. The number of hydrogen-bond donors (Lipinski definition) is 1. The maximum Gasteiger partial charge on any atom is 0.164 e. The van der Waals surface area contributed by atoms with Crippen molar-refractivity contribution in [3.63, 3.8) is 0 Å². The Morgan fingerprint density at radius 1 is 1.26 bits per heavy atom. The molecule has 0 amide bonds. The number of benzene rings is 1. The molecule has 106 valence electrons. The van der Waals surface area contributed by atoms with Gasteiger partial charge in [0, 0.05) is 19.2 Å². The summed E-state index contributed by atoms with van der Waals surface area (Å²) in [5, 5.41) is 0. The molecule has 1 rings (SSSR count). The molecule has 2 N–H and O–H groups in total. The lowest BCUT2D eigenvalue weighted by atomic mass is 10.1. The smallest absolute Gasteiger partial charge is 0.164 e. The van der Waals surface area contributed by atoms with Gasteiger partial charge in [0.15, 0.2) is 11.5 Å². The van der Waals surface area contributed by atoms with Crippen LogP contribution < -0.4 is 15.2 Å². The van der Waals surface area contributed by atoms with Crippen LogP contribution in [0.15, 0.2) is 24.8 Å². The maximum atomic E-state index is 5.77. The van der Waals surface area contributed by atoms with E-state index in [0.29, 0.717) is 26.4 Å². The molecule has 0 aromatic heterocycles. The Balaban J connectivity index is 3.07. The maximum absolute atomic E-state index is 5.77. The molecule has 1 aromatic carbocycles. The normalized spacial score (nSPS) is 10.3. The standard InChI is InChI=1S/C15H23NO3/c1-4-6-13-9-12(11-16)10-14(18-5-2)15(13)19-8-7-17-3/h4,9-10H,1,5-8,11,16H2,2-3H3. The first-order chi connectivity index (χ1) is 9.26. The number of ether oxygens (including phenoxy) is 3. The molecular weight excluding hydrogens is 242 g/mol. The van der Waals surface area contributed by atoms with Crippen molar-refractivity contribution >= 4 is 0 Å². The molecular formula is C15H23NO3. The first-order valence-electron chi connectivity index (χ1n) is 6.48. The van der Waals surface area contributed by atoms with Gasteiger partial charge in [0.05, 0.1) is 13.2 Å². The van der Waals surface area contributed by atoms with Crippen molar-refractivity contribution in [3.8, 4) is 11.5 Å². The van der Waals surface area contributed by atoms with Gasteiger partial charge in [-0.05, 0) is 25.0 Å². The van der Waals surface area contributed by atoms with Crippen LogP contribution in [-0.2, 0) is 17.7 Å². The second-order valence-electron chi connectivity index (χ2n) is 4.05. The van der Waals surface area contributed by atoms with Gasteiger partial charge in [-0.2, -0.15) is 0 Å². The summed E-state index contributed by atoms with van der Waals surface area (Å²) in [4.78, 5) is 0. The molecule has 19 heavy (non-hydrogen) atoms. The largest absolute Gasteiger partial charge is 0.490 e. The predicted octanol–water partition coefficient (Wildman–Crippen LogP) is 2.30. The summed E-state index contributed by atoms with van der Waals surface area (Å²) in [5.41, 5.74) is 7.78. The first kappa shape index (κ1) is 15.5. The highest BCUT2D eigenvalue weighted by Crippen LogP contribution is 2.33. The van der Waals surface area contributed by atoms with Crippen LogP contribution in [0.1, 0.15) is 18.1 Å². The van der Waals surface area contributed by atoms with Crippen LogP contribution in [0, 0.1) is 0 Å². The van der Waals surface area contributed by atoms with Gasteiger partial charge in [0.2, 0.25) is 0 Å². The van der Waals surface area contributed by atoms with Crippen molar-refractivity contribution in [1.29, 1.82) is 0 Å². The monoisotopic (exact) mass is 265 g/mol. The van der Waals surface area contributed by atoms with E-state index in [-0.39, 0.29) is 0 Å². The van der Waals surface area contributed by atoms with E-state index in [1.165, 1.54) is 0 Å². The van der Waals surface area contributed by atoms with E-state index in [1.807, 2.05) is 25.1 Å².